The number of nitrogens with two attached hydrogens (primary N) is 1. The number of anilines is 2. The van der Waals surface area contributed by atoms with Crippen molar-refractivity contribution in [1.82, 2.24) is 0 Å². The highest BCUT2D eigenvalue weighted by Crippen LogP contribution is 2.18. The molecule has 84 valence electrons. The van der Waals surface area contributed by atoms with E-state index in [2.05, 4.69) is 18.3 Å². The largest absolute Gasteiger partial charge is 0.399 e. The minimum absolute atomic E-state index is 0.267. The highest BCUT2D eigenvalue weighted by atomic mass is 16.2. The molecule has 1 aromatic carbocycles. The van der Waals surface area contributed by atoms with Crippen LogP contribution in [0.1, 0.15) is 25.3 Å². The van der Waals surface area contributed by atoms with E-state index in [0.717, 1.165) is 37.2 Å². The zero-order chi connectivity index (χ0) is 11.1. The van der Waals surface area contributed by atoms with Gasteiger partial charge in [0.15, 0.2) is 0 Å². The molecule has 3 heteroatoms. The summed E-state index contributed by atoms with van der Waals surface area (Å²) in [6.07, 6.45) is 2.79. The summed E-state index contributed by atoms with van der Waals surface area (Å²) >= 11 is 0. The van der Waals surface area contributed by atoms with Gasteiger partial charge in [-0.05, 0) is 43.0 Å². The number of unbranched alkanes of at least 4 members (excludes halogenated alkanes) is 1. The van der Waals surface area contributed by atoms with E-state index in [0.29, 0.717) is 0 Å². The quantitative estimate of drug-likeness (QED) is 0.495. The van der Waals surface area contributed by atoms with Gasteiger partial charge in [0.2, 0.25) is 0 Å². The first kappa shape index (κ1) is 11.9. The summed E-state index contributed by atoms with van der Waals surface area (Å²) in [6, 6.07) is 6.02. The van der Waals surface area contributed by atoms with Crippen molar-refractivity contribution in [2.45, 2.75) is 26.2 Å². The van der Waals surface area contributed by atoms with Crippen LogP contribution in [-0.4, -0.2) is 18.3 Å². The molecular formula is C12H20N2O. The lowest BCUT2D eigenvalue weighted by atomic mass is 10.1. The van der Waals surface area contributed by atoms with Gasteiger partial charge in [-0.25, -0.2) is 0 Å². The Morgan fingerprint density at radius 2 is 2.13 bits per heavy atom. The number of hydrogen-bond donors (Lipinski definition) is 3. The zero-order valence-corrected chi connectivity index (χ0v) is 9.29. The smallest absolute Gasteiger partial charge is 0.0431 e. The molecule has 3 nitrogen and oxygen atoms in total. The van der Waals surface area contributed by atoms with Crippen LogP contribution < -0.4 is 11.1 Å². The first-order chi connectivity index (χ1) is 7.27. The van der Waals surface area contributed by atoms with Crippen LogP contribution in [-0.2, 0) is 6.42 Å². The summed E-state index contributed by atoms with van der Waals surface area (Å²) in [5, 5.41) is 12.0. The summed E-state index contributed by atoms with van der Waals surface area (Å²) in [5.74, 6) is 0. The third kappa shape index (κ3) is 3.80. The van der Waals surface area contributed by atoms with Crippen LogP contribution in [0.25, 0.3) is 0 Å². The molecule has 0 spiro atoms. The molecule has 1 rings (SSSR count). The maximum Gasteiger partial charge on any atom is 0.0431 e. The minimum Gasteiger partial charge on any atom is -0.399 e. The lowest BCUT2D eigenvalue weighted by molar-refractivity contribution is 0.286. The summed E-state index contributed by atoms with van der Waals surface area (Å²) in [6.45, 7) is 3.26. The molecule has 0 aliphatic rings. The van der Waals surface area contributed by atoms with Crippen LogP contribution in [0.3, 0.4) is 0 Å². The molecule has 0 atom stereocenters. The van der Waals surface area contributed by atoms with E-state index in [9.17, 15) is 0 Å². The van der Waals surface area contributed by atoms with Crippen LogP contribution in [0.2, 0.25) is 0 Å². The Balaban J connectivity index is 2.47. The summed E-state index contributed by atoms with van der Waals surface area (Å²) in [4.78, 5) is 0. The third-order valence-electron chi connectivity index (χ3n) is 2.44. The summed E-state index contributed by atoms with van der Waals surface area (Å²) in [5.41, 5.74) is 8.97. The van der Waals surface area contributed by atoms with Crippen molar-refractivity contribution in [3.05, 3.63) is 23.8 Å². The van der Waals surface area contributed by atoms with Gasteiger partial charge in [0.05, 0.1) is 0 Å². The highest BCUT2D eigenvalue weighted by molar-refractivity contribution is 5.57. The van der Waals surface area contributed by atoms with Crippen LogP contribution in [0.4, 0.5) is 11.4 Å². The van der Waals surface area contributed by atoms with Crippen molar-refractivity contribution in [2.75, 3.05) is 24.2 Å². The first-order valence-corrected chi connectivity index (χ1v) is 5.51. The molecular weight excluding hydrogens is 188 g/mol. The molecule has 0 fully saturated rings. The van der Waals surface area contributed by atoms with Gasteiger partial charge >= 0.3 is 0 Å². The number of hydrogen-bond acceptors (Lipinski definition) is 3. The second-order valence-electron chi connectivity index (χ2n) is 3.62. The normalized spacial score (nSPS) is 10.3. The Hall–Kier alpha value is -1.22. The van der Waals surface area contributed by atoms with Gasteiger partial charge in [0.25, 0.3) is 0 Å². The fraction of sp³-hybridized carbons (Fsp3) is 0.500. The van der Waals surface area contributed by atoms with Gasteiger partial charge in [-0.15, -0.1) is 0 Å². The van der Waals surface area contributed by atoms with Crippen molar-refractivity contribution < 1.29 is 5.11 Å². The molecule has 4 N–H and O–H groups in total. The number of nitrogens with one attached hydrogen (secondary N) is 1. The van der Waals surface area contributed by atoms with Gasteiger partial charge in [0, 0.05) is 24.5 Å². The predicted octanol–water partition coefficient (Wildman–Crippen LogP) is 2.02. The first-order valence-electron chi connectivity index (χ1n) is 5.51. The maximum atomic E-state index is 8.64. The molecule has 0 aliphatic carbocycles. The van der Waals surface area contributed by atoms with Gasteiger partial charge in [-0.1, -0.05) is 6.92 Å². The average Bonchev–Trinajstić information content (AvgIpc) is 2.26. The van der Waals surface area contributed by atoms with Crippen LogP contribution >= 0.6 is 0 Å². The molecule has 0 saturated carbocycles. The molecule has 15 heavy (non-hydrogen) atoms. The second-order valence-corrected chi connectivity index (χ2v) is 3.62. The molecule has 0 unspecified atom stereocenters. The molecule has 0 aromatic heterocycles. The predicted molar refractivity (Wildman–Crippen MR) is 65.0 cm³/mol. The second kappa shape index (κ2) is 6.30. The molecule has 0 saturated heterocycles. The Kier molecular flexibility index (Phi) is 4.98. The topological polar surface area (TPSA) is 58.3 Å². The van der Waals surface area contributed by atoms with E-state index in [1.807, 2.05) is 12.1 Å². The standard InChI is InChI=1S/C12H20N2O/c1-2-10-9-11(5-6-12(10)13)14-7-3-4-8-15/h5-6,9,14-15H,2-4,7-8,13H2,1H3. The van der Waals surface area contributed by atoms with Gasteiger partial charge in [-0.3, -0.25) is 0 Å². The molecule has 0 heterocycles. The van der Waals surface area contributed by atoms with Crippen LogP contribution in [0, 0.1) is 0 Å². The van der Waals surface area contributed by atoms with E-state index in [1.165, 1.54) is 5.56 Å². The number of aliphatic hydroxyl groups excluding tert-OH is 1. The number of rotatable bonds is 6. The minimum atomic E-state index is 0.267. The molecule has 0 radical (unpaired) electrons. The number of aliphatic hydroxyl groups is 1. The van der Waals surface area contributed by atoms with Crippen molar-refractivity contribution in [3.8, 4) is 0 Å². The van der Waals surface area contributed by atoms with E-state index >= 15 is 0 Å². The Bertz CT molecular complexity index is 300. The fourth-order valence-electron chi connectivity index (χ4n) is 1.49. The van der Waals surface area contributed by atoms with Crippen molar-refractivity contribution in [2.24, 2.45) is 0 Å². The molecule has 1 aromatic rings. The molecule has 0 amide bonds. The lowest BCUT2D eigenvalue weighted by Gasteiger charge is -2.09. The Labute approximate surface area is 91.3 Å². The van der Waals surface area contributed by atoms with E-state index in [1.54, 1.807) is 0 Å². The Morgan fingerprint density at radius 3 is 2.80 bits per heavy atom. The van der Waals surface area contributed by atoms with Gasteiger partial charge in [-0.2, -0.15) is 0 Å². The lowest BCUT2D eigenvalue weighted by Crippen LogP contribution is -2.03. The van der Waals surface area contributed by atoms with E-state index in [-0.39, 0.29) is 6.61 Å². The highest BCUT2D eigenvalue weighted by Gasteiger charge is 1.98. The van der Waals surface area contributed by atoms with Crippen molar-refractivity contribution >= 4 is 11.4 Å². The number of nitrogen functional groups attached to an aromatic ring is 1. The number of benzene rings is 1. The average molecular weight is 208 g/mol. The SMILES string of the molecule is CCc1cc(NCCCCO)ccc1N. The summed E-state index contributed by atoms with van der Waals surface area (Å²) < 4.78 is 0. The van der Waals surface area contributed by atoms with Gasteiger partial charge in [0.1, 0.15) is 0 Å². The van der Waals surface area contributed by atoms with Gasteiger partial charge < -0.3 is 16.2 Å². The van der Waals surface area contributed by atoms with E-state index in [4.69, 9.17) is 10.8 Å². The van der Waals surface area contributed by atoms with Crippen molar-refractivity contribution in [1.29, 1.82) is 0 Å². The Morgan fingerprint density at radius 1 is 1.33 bits per heavy atom. The van der Waals surface area contributed by atoms with Crippen LogP contribution in [0.15, 0.2) is 18.2 Å². The van der Waals surface area contributed by atoms with E-state index < -0.39 is 0 Å². The third-order valence-corrected chi connectivity index (χ3v) is 2.44. The summed E-state index contributed by atoms with van der Waals surface area (Å²) in [7, 11) is 0. The maximum absolute atomic E-state index is 8.64. The zero-order valence-electron chi connectivity index (χ0n) is 9.29. The fourth-order valence-corrected chi connectivity index (χ4v) is 1.49. The number of aryl methyl sites for hydroxylation is 1. The molecule has 0 bridgehead atoms. The molecule has 0 aliphatic heterocycles. The van der Waals surface area contributed by atoms with Crippen LogP contribution in [0.5, 0.6) is 0 Å². The monoisotopic (exact) mass is 208 g/mol. The van der Waals surface area contributed by atoms with Crippen molar-refractivity contribution in [3.63, 3.8) is 0 Å².